The van der Waals surface area contributed by atoms with Crippen LogP contribution in [0.1, 0.15) is 18.7 Å². The van der Waals surface area contributed by atoms with Crippen molar-refractivity contribution in [1.82, 2.24) is 9.55 Å². The third-order valence-corrected chi connectivity index (χ3v) is 5.88. The van der Waals surface area contributed by atoms with Crippen molar-refractivity contribution in [3.8, 4) is 5.75 Å². The van der Waals surface area contributed by atoms with E-state index < -0.39 is 0 Å². The number of hydrogen-bond acceptors (Lipinski definition) is 4. The van der Waals surface area contributed by atoms with Gasteiger partial charge < -0.3 is 14.2 Å². The second kappa shape index (κ2) is 8.07. The van der Waals surface area contributed by atoms with Gasteiger partial charge in [0.15, 0.2) is 10.9 Å². The highest BCUT2D eigenvalue weighted by Gasteiger charge is 2.26. The van der Waals surface area contributed by atoms with Crippen LogP contribution in [0.25, 0.3) is 0 Å². The molecule has 0 atom stereocenters. The third-order valence-electron chi connectivity index (χ3n) is 4.82. The molecule has 0 saturated carbocycles. The summed E-state index contributed by atoms with van der Waals surface area (Å²) < 4.78 is 6.95. The molecule has 26 heavy (non-hydrogen) atoms. The van der Waals surface area contributed by atoms with Crippen molar-refractivity contribution in [1.29, 1.82) is 0 Å². The molecule has 1 fully saturated rings. The number of Topliss-reactive ketones (excluding diaryl/α,β-unsaturated/α-hetero) is 1. The Morgan fingerprint density at radius 2 is 1.96 bits per heavy atom. The van der Waals surface area contributed by atoms with Gasteiger partial charge >= 0.3 is 0 Å². The average molecular weight is 417 g/mol. The lowest BCUT2D eigenvalue weighted by molar-refractivity contribution is -0.124. The molecular formula is C18H20Cl3N3O2. The van der Waals surface area contributed by atoms with Crippen molar-refractivity contribution in [2.45, 2.75) is 26.3 Å². The van der Waals surface area contributed by atoms with Crippen molar-refractivity contribution in [3.63, 3.8) is 0 Å². The molecular weight excluding hydrogens is 397 g/mol. The van der Waals surface area contributed by atoms with Crippen LogP contribution in [0.4, 0.5) is 5.69 Å². The van der Waals surface area contributed by atoms with Crippen LogP contribution in [0.2, 0.25) is 15.3 Å². The zero-order valence-corrected chi connectivity index (χ0v) is 16.9. The second-order valence-corrected chi connectivity index (χ2v) is 7.50. The number of hydrogen-bond donors (Lipinski definition) is 0. The fourth-order valence-corrected chi connectivity index (χ4v) is 3.92. The maximum Gasteiger partial charge on any atom is 0.166 e. The molecule has 140 valence electrons. The number of aryl methyl sites for hydroxylation is 1. The van der Waals surface area contributed by atoms with Gasteiger partial charge in [-0.2, -0.15) is 0 Å². The molecule has 1 saturated heterocycles. The Morgan fingerprint density at radius 3 is 2.54 bits per heavy atom. The number of anilines is 1. The highest BCUT2D eigenvalue weighted by Crippen LogP contribution is 2.32. The van der Waals surface area contributed by atoms with E-state index in [0.717, 1.165) is 31.6 Å². The maximum atomic E-state index is 12.7. The molecule has 0 N–H and O–H groups in total. The van der Waals surface area contributed by atoms with Gasteiger partial charge in [-0.1, -0.05) is 34.8 Å². The number of rotatable bonds is 5. The molecule has 1 aromatic heterocycles. The van der Waals surface area contributed by atoms with Gasteiger partial charge in [-0.25, -0.2) is 4.98 Å². The summed E-state index contributed by atoms with van der Waals surface area (Å²) in [5, 5.41) is 1.15. The second-order valence-electron chi connectivity index (χ2n) is 6.37. The summed E-state index contributed by atoms with van der Waals surface area (Å²) in [6.07, 6.45) is 1.59. The molecule has 0 spiro atoms. The van der Waals surface area contributed by atoms with E-state index in [1.807, 2.05) is 18.2 Å². The zero-order chi connectivity index (χ0) is 18.8. The molecule has 0 bridgehead atoms. The van der Waals surface area contributed by atoms with Crippen LogP contribution in [0.15, 0.2) is 18.2 Å². The van der Waals surface area contributed by atoms with Crippen LogP contribution < -0.4 is 9.64 Å². The Balaban J connectivity index is 1.62. The van der Waals surface area contributed by atoms with E-state index in [9.17, 15) is 4.79 Å². The van der Waals surface area contributed by atoms with Gasteiger partial charge in [0, 0.05) is 30.8 Å². The van der Waals surface area contributed by atoms with Crippen LogP contribution >= 0.6 is 34.8 Å². The van der Waals surface area contributed by atoms with E-state index in [1.54, 1.807) is 18.6 Å². The first kappa shape index (κ1) is 19.3. The monoisotopic (exact) mass is 415 g/mol. The summed E-state index contributed by atoms with van der Waals surface area (Å²) >= 11 is 18.1. The highest BCUT2D eigenvalue weighted by molar-refractivity contribution is 6.40. The number of carbonyl (C=O) groups is 1. The summed E-state index contributed by atoms with van der Waals surface area (Å²) in [6, 6.07) is 5.74. The molecule has 1 aliphatic rings. The van der Waals surface area contributed by atoms with Crippen molar-refractivity contribution in [2.24, 2.45) is 5.92 Å². The maximum absolute atomic E-state index is 12.7. The summed E-state index contributed by atoms with van der Waals surface area (Å²) in [7, 11) is 1.60. The molecule has 5 nitrogen and oxygen atoms in total. The van der Waals surface area contributed by atoms with Crippen LogP contribution in [-0.4, -0.2) is 35.5 Å². The van der Waals surface area contributed by atoms with E-state index in [-0.39, 0.29) is 23.4 Å². The van der Waals surface area contributed by atoms with E-state index in [2.05, 4.69) is 9.88 Å². The molecule has 2 aromatic rings. The van der Waals surface area contributed by atoms with Crippen LogP contribution in [0.3, 0.4) is 0 Å². The number of piperidine rings is 1. The lowest BCUT2D eigenvalue weighted by atomic mass is 9.92. The largest absolute Gasteiger partial charge is 0.495 e. The third kappa shape index (κ3) is 3.95. The molecule has 8 heteroatoms. The summed E-state index contributed by atoms with van der Waals surface area (Å²) in [6.45, 7) is 3.61. The number of halogens is 3. The van der Waals surface area contributed by atoms with Gasteiger partial charge in [0.25, 0.3) is 0 Å². The van der Waals surface area contributed by atoms with Crippen LogP contribution in [0.5, 0.6) is 5.75 Å². The highest BCUT2D eigenvalue weighted by atomic mass is 35.5. The lowest BCUT2D eigenvalue weighted by Crippen LogP contribution is -2.37. The van der Waals surface area contributed by atoms with Gasteiger partial charge in [-0.15, -0.1) is 0 Å². The minimum absolute atomic E-state index is 0.0112. The Kier molecular flexibility index (Phi) is 6.00. The molecule has 1 aliphatic heterocycles. The number of imidazole rings is 1. The molecule has 0 amide bonds. The number of aromatic nitrogens is 2. The lowest BCUT2D eigenvalue weighted by Gasteiger charge is -2.33. The standard InChI is InChI=1S/C18H20Cl3N3O2/c1-11-22-17(20)18(21)24(11)10-15(25)12-5-7-23(8-6-12)13-3-4-14(19)16(9-13)26-2/h3-4,9,12H,5-8,10H2,1-2H3. The minimum Gasteiger partial charge on any atom is -0.495 e. The normalized spacial score (nSPS) is 15.3. The number of ether oxygens (including phenoxy) is 1. The predicted octanol–water partition coefficient (Wildman–Crippen LogP) is 4.65. The van der Waals surface area contributed by atoms with E-state index in [1.165, 1.54) is 0 Å². The van der Waals surface area contributed by atoms with Crippen molar-refractivity contribution >= 4 is 46.3 Å². The van der Waals surface area contributed by atoms with Gasteiger partial charge in [0.05, 0.1) is 18.7 Å². The number of carbonyl (C=O) groups excluding carboxylic acids is 1. The molecule has 1 aromatic carbocycles. The van der Waals surface area contributed by atoms with Crippen molar-refractivity contribution < 1.29 is 9.53 Å². The smallest absolute Gasteiger partial charge is 0.166 e. The number of nitrogens with zero attached hydrogens (tertiary/aromatic N) is 3. The number of benzene rings is 1. The molecule has 0 aliphatic carbocycles. The van der Waals surface area contributed by atoms with Gasteiger partial charge in [0.2, 0.25) is 0 Å². The van der Waals surface area contributed by atoms with Gasteiger partial charge in [0.1, 0.15) is 16.7 Å². The van der Waals surface area contributed by atoms with Crippen LogP contribution in [-0.2, 0) is 11.3 Å². The summed E-state index contributed by atoms with van der Waals surface area (Å²) in [5.41, 5.74) is 1.05. The fraction of sp³-hybridized carbons (Fsp3) is 0.444. The van der Waals surface area contributed by atoms with Crippen LogP contribution in [0, 0.1) is 12.8 Å². The number of ketones is 1. The van der Waals surface area contributed by atoms with E-state index in [0.29, 0.717) is 21.7 Å². The first-order valence-electron chi connectivity index (χ1n) is 8.40. The summed E-state index contributed by atoms with van der Waals surface area (Å²) in [4.78, 5) is 19.0. The van der Waals surface area contributed by atoms with Crippen molar-refractivity contribution in [2.75, 3.05) is 25.1 Å². The number of methoxy groups -OCH3 is 1. The quantitative estimate of drug-likeness (QED) is 0.712. The van der Waals surface area contributed by atoms with Crippen molar-refractivity contribution in [3.05, 3.63) is 39.4 Å². The predicted molar refractivity (Wildman–Crippen MR) is 105 cm³/mol. The van der Waals surface area contributed by atoms with E-state index in [4.69, 9.17) is 39.5 Å². The Morgan fingerprint density at radius 1 is 1.27 bits per heavy atom. The average Bonchev–Trinajstić information content (AvgIpc) is 2.88. The molecule has 0 unspecified atom stereocenters. The molecule has 3 rings (SSSR count). The fourth-order valence-electron chi connectivity index (χ4n) is 3.28. The topological polar surface area (TPSA) is 47.4 Å². The first-order valence-corrected chi connectivity index (χ1v) is 9.53. The van der Waals surface area contributed by atoms with Gasteiger partial charge in [-0.3, -0.25) is 4.79 Å². The Hall–Kier alpha value is -1.43. The van der Waals surface area contributed by atoms with E-state index >= 15 is 0 Å². The first-order chi connectivity index (χ1) is 12.4. The SMILES string of the molecule is COc1cc(N2CCC(C(=O)Cn3c(C)nc(Cl)c3Cl)CC2)ccc1Cl. The zero-order valence-electron chi connectivity index (χ0n) is 14.6. The minimum atomic E-state index is 0.0112. The molecule has 2 heterocycles. The molecule has 0 radical (unpaired) electrons. The summed E-state index contributed by atoms with van der Waals surface area (Å²) in [5.74, 6) is 1.48. The Labute approximate surface area is 167 Å². The van der Waals surface area contributed by atoms with Gasteiger partial charge in [-0.05, 0) is 31.9 Å². The Bertz CT molecular complexity index is 814.